The maximum Gasteiger partial charge on any atom is 0.317 e. The Bertz CT molecular complexity index is 475. The van der Waals surface area contributed by atoms with E-state index in [0.717, 1.165) is 25.2 Å². The first-order valence-electron chi connectivity index (χ1n) is 6.84. The molecule has 1 saturated heterocycles. The lowest BCUT2D eigenvalue weighted by Crippen LogP contribution is -2.52. The van der Waals surface area contributed by atoms with Crippen molar-refractivity contribution in [3.8, 4) is 0 Å². The van der Waals surface area contributed by atoms with Crippen molar-refractivity contribution in [1.82, 2.24) is 10.2 Å². The Labute approximate surface area is 123 Å². The zero-order valence-corrected chi connectivity index (χ0v) is 12.3. The van der Waals surface area contributed by atoms with Crippen molar-refractivity contribution in [3.05, 3.63) is 29.0 Å². The van der Waals surface area contributed by atoms with Crippen LogP contribution in [-0.4, -0.2) is 43.7 Å². The number of hydrogen-bond acceptors (Lipinski definition) is 2. The van der Waals surface area contributed by atoms with Gasteiger partial charge in [-0.05, 0) is 24.6 Å². The molecule has 0 radical (unpaired) electrons. The Balaban J connectivity index is 1.90. The summed E-state index contributed by atoms with van der Waals surface area (Å²) < 4.78 is 13.1. The summed E-state index contributed by atoms with van der Waals surface area (Å²) in [5, 5.41) is 3.00. The molecule has 0 aliphatic carbocycles. The lowest BCUT2D eigenvalue weighted by Gasteiger charge is -2.36. The zero-order chi connectivity index (χ0) is 14.5. The Morgan fingerprint density at radius 1 is 1.35 bits per heavy atom. The Hall–Kier alpha value is -1.49. The first-order chi connectivity index (χ1) is 9.61. The summed E-state index contributed by atoms with van der Waals surface area (Å²) in [6.45, 7) is 5.49. The quantitative estimate of drug-likeness (QED) is 0.931. The van der Waals surface area contributed by atoms with E-state index in [4.69, 9.17) is 11.6 Å². The number of amides is 2. The maximum atomic E-state index is 13.1. The molecule has 1 N–H and O–H groups in total. The van der Waals surface area contributed by atoms with E-state index in [1.54, 1.807) is 17.0 Å². The molecule has 1 heterocycles. The van der Waals surface area contributed by atoms with Gasteiger partial charge in [0.15, 0.2) is 0 Å². The third-order valence-electron chi connectivity index (χ3n) is 3.36. The van der Waals surface area contributed by atoms with E-state index in [1.807, 2.05) is 6.92 Å². The number of nitrogens with zero attached hydrogens (tertiary/aromatic N) is 2. The Morgan fingerprint density at radius 2 is 2.05 bits per heavy atom. The number of halogens is 2. The first-order valence-corrected chi connectivity index (χ1v) is 7.22. The van der Waals surface area contributed by atoms with Gasteiger partial charge in [-0.15, -0.1) is 0 Å². The van der Waals surface area contributed by atoms with E-state index in [9.17, 15) is 9.18 Å². The van der Waals surface area contributed by atoms with Crippen LogP contribution in [0.15, 0.2) is 18.2 Å². The van der Waals surface area contributed by atoms with E-state index in [0.29, 0.717) is 19.6 Å². The minimum absolute atomic E-state index is 0.0105. The monoisotopic (exact) mass is 299 g/mol. The normalized spacial score (nSPS) is 15.3. The van der Waals surface area contributed by atoms with Gasteiger partial charge >= 0.3 is 6.03 Å². The standard InChI is InChI=1S/C14H19ClFN3O/c1-2-5-17-14(20)19-8-6-18(7-9-19)11-3-4-13(16)12(15)10-11/h3-4,10H,2,5-9H2,1H3,(H,17,20). The molecule has 0 atom stereocenters. The third kappa shape index (κ3) is 3.54. The highest BCUT2D eigenvalue weighted by molar-refractivity contribution is 6.31. The van der Waals surface area contributed by atoms with Gasteiger partial charge in [-0.2, -0.15) is 0 Å². The van der Waals surface area contributed by atoms with Crippen molar-refractivity contribution in [3.63, 3.8) is 0 Å². The zero-order valence-electron chi connectivity index (χ0n) is 11.5. The highest BCUT2D eigenvalue weighted by Gasteiger charge is 2.21. The summed E-state index contributed by atoms with van der Waals surface area (Å²) in [7, 11) is 0. The Morgan fingerprint density at radius 3 is 2.65 bits per heavy atom. The molecule has 1 aliphatic rings. The van der Waals surface area contributed by atoms with E-state index in [2.05, 4.69) is 10.2 Å². The highest BCUT2D eigenvalue weighted by Crippen LogP contribution is 2.23. The molecule has 0 spiro atoms. The van der Waals surface area contributed by atoms with E-state index >= 15 is 0 Å². The van der Waals surface area contributed by atoms with E-state index < -0.39 is 5.82 Å². The fraction of sp³-hybridized carbons (Fsp3) is 0.500. The van der Waals surface area contributed by atoms with Crippen molar-refractivity contribution >= 4 is 23.3 Å². The van der Waals surface area contributed by atoms with Crippen molar-refractivity contribution in [2.45, 2.75) is 13.3 Å². The second kappa shape index (κ2) is 6.79. The number of carbonyl (C=O) groups excluding carboxylic acids is 1. The van der Waals surface area contributed by atoms with Crippen LogP contribution >= 0.6 is 11.6 Å². The number of nitrogens with one attached hydrogen (secondary N) is 1. The van der Waals surface area contributed by atoms with Crippen LogP contribution in [0.4, 0.5) is 14.9 Å². The average Bonchev–Trinajstić information content (AvgIpc) is 2.48. The van der Waals surface area contributed by atoms with Gasteiger partial charge in [0.25, 0.3) is 0 Å². The predicted octanol–water partition coefficient (Wildman–Crippen LogP) is 2.72. The summed E-state index contributed by atoms with van der Waals surface area (Å²) in [4.78, 5) is 15.7. The van der Waals surface area contributed by atoms with Gasteiger partial charge < -0.3 is 15.1 Å². The molecule has 110 valence electrons. The van der Waals surface area contributed by atoms with Crippen molar-refractivity contribution in [2.24, 2.45) is 0 Å². The summed E-state index contributed by atoms with van der Waals surface area (Å²) >= 11 is 5.79. The summed E-state index contributed by atoms with van der Waals surface area (Å²) in [6, 6.07) is 4.71. The van der Waals surface area contributed by atoms with Crippen LogP contribution < -0.4 is 10.2 Å². The summed E-state index contributed by atoms with van der Waals surface area (Å²) in [5.41, 5.74) is 0.894. The van der Waals surface area contributed by atoms with Crippen LogP contribution in [-0.2, 0) is 0 Å². The molecule has 0 bridgehead atoms. The molecule has 1 aliphatic heterocycles. The number of urea groups is 1. The smallest absolute Gasteiger partial charge is 0.317 e. The molecule has 2 rings (SSSR count). The van der Waals surface area contributed by atoms with Crippen LogP contribution in [0.2, 0.25) is 5.02 Å². The van der Waals surface area contributed by atoms with E-state index in [-0.39, 0.29) is 11.1 Å². The van der Waals surface area contributed by atoms with Crippen molar-refractivity contribution in [1.29, 1.82) is 0 Å². The van der Waals surface area contributed by atoms with Gasteiger partial charge in [0.1, 0.15) is 5.82 Å². The van der Waals surface area contributed by atoms with Crippen molar-refractivity contribution < 1.29 is 9.18 Å². The lowest BCUT2D eigenvalue weighted by atomic mass is 10.2. The number of piperazine rings is 1. The van der Waals surface area contributed by atoms with E-state index in [1.165, 1.54) is 6.07 Å². The topological polar surface area (TPSA) is 35.6 Å². The molecule has 0 aromatic heterocycles. The van der Waals surface area contributed by atoms with Gasteiger partial charge in [-0.1, -0.05) is 18.5 Å². The van der Waals surface area contributed by atoms with Gasteiger partial charge in [-0.25, -0.2) is 9.18 Å². The summed E-state index contributed by atoms with van der Waals surface area (Å²) in [5.74, 6) is -0.409. The minimum Gasteiger partial charge on any atom is -0.368 e. The second-order valence-corrected chi connectivity index (χ2v) is 5.21. The molecule has 20 heavy (non-hydrogen) atoms. The van der Waals surface area contributed by atoms with Gasteiger partial charge in [0.05, 0.1) is 5.02 Å². The second-order valence-electron chi connectivity index (χ2n) is 4.80. The van der Waals surface area contributed by atoms with Crippen LogP contribution in [0.1, 0.15) is 13.3 Å². The molecular weight excluding hydrogens is 281 g/mol. The number of rotatable bonds is 3. The summed E-state index contributed by atoms with van der Waals surface area (Å²) in [6.07, 6.45) is 0.930. The number of carbonyl (C=O) groups is 1. The van der Waals surface area contributed by atoms with Crippen molar-refractivity contribution in [2.75, 3.05) is 37.6 Å². The molecule has 1 aromatic carbocycles. The number of hydrogen-bond donors (Lipinski definition) is 1. The van der Waals surface area contributed by atoms with Gasteiger partial charge in [0.2, 0.25) is 0 Å². The average molecular weight is 300 g/mol. The van der Waals surface area contributed by atoms with Crippen LogP contribution in [0.25, 0.3) is 0 Å². The largest absolute Gasteiger partial charge is 0.368 e. The lowest BCUT2D eigenvalue weighted by molar-refractivity contribution is 0.194. The SMILES string of the molecule is CCCNC(=O)N1CCN(c2ccc(F)c(Cl)c2)CC1. The van der Waals surface area contributed by atoms with Crippen LogP contribution in [0.5, 0.6) is 0 Å². The van der Waals surface area contributed by atoms with Gasteiger partial charge in [0, 0.05) is 38.4 Å². The molecule has 2 amide bonds. The highest BCUT2D eigenvalue weighted by atomic mass is 35.5. The predicted molar refractivity (Wildman–Crippen MR) is 78.9 cm³/mol. The first kappa shape index (κ1) is 14.9. The molecule has 0 saturated carbocycles. The molecule has 6 heteroatoms. The molecule has 1 fully saturated rings. The molecular formula is C14H19ClFN3O. The Kier molecular flexibility index (Phi) is 5.06. The molecule has 1 aromatic rings. The number of anilines is 1. The third-order valence-corrected chi connectivity index (χ3v) is 3.65. The fourth-order valence-corrected chi connectivity index (χ4v) is 2.37. The van der Waals surface area contributed by atoms with Crippen LogP contribution in [0, 0.1) is 5.82 Å². The molecule has 4 nitrogen and oxygen atoms in total. The fourth-order valence-electron chi connectivity index (χ4n) is 2.19. The van der Waals surface area contributed by atoms with Crippen LogP contribution in [0.3, 0.4) is 0 Å². The van der Waals surface area contributed by atoms with Gasteiger partial charge in [-0.3, -0.25) is 0 Å². The number of benzene rings is 1. The minimum atomic E-state index is -0.409. The molecule has 0 unspecified atom stereocenters. The maximum absolute atomic E-state index is 13.1.